The summed E-state index contributed by atoms with van der Waals surface area (Å²) in [5.41, 5.74) is 1.12. The van der Waals surface area contributed by atoms with Crippen LogP contribution in [0.1, 0.15) is 80.1 Å². The van der Waals surface area contributed by atoms with Crippen molar-refractivity contribution in [3.8, 4) is 0 Å². The largest absolute Gasteiger partial charge is 0.447 e. The second kappa shape index (κ2) is 18.4. The zero-order valence-corrected chi connectivity index (χ0v) is 29.1. The van der Waals surface area contributed by atoms with Gasteiger partial charge >= 0.3 is 6.09 Å². The summed E-state index contributed by atoms with van der Waals surface area (Å²) in [5, 5.41) is 6.18. The third-order valence-electron chi connectivity index (χ3n) is 9.79. The summed E-state index contributed by atoms with van der Waals surface area (Å²) in [4.78, 5) is 26.2. The lowest BCUT2D eigenvalue weighted by molar-refractivity contribution is -0.124. The summed E-state index contributed by atoms with van der Waals surface area (Å²) in [6, 6.07) is 0.326. The van der Waals surface area contributed by atoms with Crippen LogP contribution in [0.2, 0.25) is 0 Å². The fraction of sp³-hybridized carbons (Fsp3) is 0.829. The van der Waals surface area contributed by atoms with E-state index >= 15 is 0 Å². The smallest absolute Gasteiger partial charge is 0.409 e. The fourth-order valence-electron chi connectivity index (χ4n) is 6.97. The number of methoxy groups -OCH3 is 1. The zero-order valence-electron chi connectivity index (χ0n) is 29.1. The number of nitrogens with one attached hydrogen (secondary N) is 2. The van der Waals surface area contributed by atoms with E-state index in [9.17, 15) is 9.59 Å². The average molecular weight is 636 g/mol. The maximum absolute atomic E-state index is 12.4. The van der Waals surface area contributed by atoms with Gasteiger partial charge in [-0.1, -0.05) is 45.9 Å². The Balaban J connectivity index is 1.31. The number of hydrogen-bond donors (Lipinski definition) is 2. The summed E-state index contributed by atoms with van der Waals surface area (Å²) in [6.07, 6.45) is 11.9. The van der Waals surface area contributed by atoms with Crippen LogP contribution in [0.25, 0.3) is 0 Å². The number of hydrogen-bond acceptors (Lipinski definition) is 8. The third kappa shape index (κ3) is 11.6. The van der Waals surface area contributed by atoms with Crippen molar-refractivity contribution in [2.75, 3.05) is 53.6 Å². The van der Waals surface area contributed by atoms with Gasteiger partial charge in [-0.05, 0) is 70.4 Å². The van der Waals surface area contributed by atoms with Crippen molar-refractivity contribution in [3.63, 3.8) is 0 Å². The molecule has 10 heteroatoms. The number of amides is 2. The van der Waals surface area contributed by atoms with Crippen LogP contribution in [0, 0.1) is 17.8 Å². The molecule has 45 heavy (non-hydrogen) atoms. The molecule has 258 valence electrons. The molecule has 3 aliphatic heterocycles. The SMILES string of the molecule is CC[C@H](OC)[C@@H](C)[C@H]1O[C@]1(C)C[C@H](C)/C=C/C=C(\C)[C@H]1O[C@@H](CNC(=O)CCOCCOC(=O)N2CCC(NC)C2)CC[C@@H]1C. The van der Waals surface area contributed by atoms with Crippen molar-refractivity contribution in [2.45, 2.75) is 116 Å². The van der Waals surface area contributed by atoms with Crippen LogP contribution >= 0.6 is 0 Å². The first-order valence-electron chi connectivity index (χ1n) is 17.2. The maximum Gasteiger partial charge on any atom is 0.409 e. The summed E-state index contributed by atoms with van der Waals surface area (Å²) >= 11 is 0. The van der Waals surface area contributed by atoms with Crippen molar-refractivity contribution < 1.29 is 33.3 Å². The molecule has 3 saturated heterocycles. The molecular weight excluding hydrogens is 574 g/mol. The number of likely N-dealkylation sites (tertiary alicyclic amines) is 1. The highest BCUT2D eigenvalue weighted by Crippen LogP contribution is 2.47. The number of epoxide rings is 1. The number of allylic oxidation sites excluding steroid dienone is 3. The Morgan fingerprint density at radius 3 is 2.62 bits per heavy atom. The molecule has 0 radical (unpaired) electrons. The molecule has 3 rings (SSSR count). The molecule has 3 aliphatic rings. The van der Waals surface area contributed by atoms with Crippen molar-refractivity contribution in [3.05, 3.63) is 23.8 Å². The molecule has 9 atom stereocenters. The number of nitrogens with zero attached hydrogens (tertiary/aromatic N) is 1. The number of carbonyl (C=O) groups excluding carboxylic acids is 2. The average Bonchev–Trinajstić information content (AvgIpc) is 3.43. The van der Waals surface area contributed by atoms with E-state index < -0.39 is 0 Å². The van der Waals surface area contributed by atoms with Crippen molar-refractivity contribution in [1.29, 1.82) is 0 Å². The Hall–Kier alpha value is -1.98. The highest BCUT2D eigenvalue weighted by Gasteiger charge is 2.56. The molecule has 3 heterocycles. The minimum absolute atomic E-state index is 0.0141. The Labute approximate surface area is 272 Å². The lowest BCUT2D eigenvalue weighted by Crippen LogP contribution is -2.41. The Kier molecular flexibility index (Phi) is 15.3. The van der Waals surface area contributed by atoms with E-state index in [1.165, 1.54) is 5.57 Å². The van der Waals surface area contributed by atoms with Gasteiger partial charge in [0.2, 0.25) is 5.91 Å². The van der Waals surface area contributed by atoms with Crippen LogP contribution < -0.4 is 10.6 Å². The van der Waals surface area contributed by atoms with Gasteiger partial charge in [-0.15, -0.1) is 0 Å². The Bertz CT molecular complexity index is 986. The molecule has 0 saturated carbocycles. The van der Waals surface area contributed by atoms with Crippen molar-refractivity contribution in [1.82, 2.24) is 15.5 Å². The first kappa shape index (κ1) is 37.5. The number of ether oxygens (including phenoxy) is 5. The molecule has 0 aromatic rings. The van der Waals surface area contributed by atoms with Gasteiger partial charge in [0, 0.05) is 45.1 Å². The van der Waals surface area contributed by atoms with Crippen LogP contribution in [0.4, 0.5) is 4.79 Å². The molecule has 3 fully saturated rings. The lowest BCUT2D eigenvalue weighted by atomic mass is 9.86. The minimum Gasteiger partial charge on any atom is -0.447 e. The number of carbonyl (C=O) groups is 2. The monoisotopic (exact) mass is 635 g/mol. The van der Waals surface area contributed by atoms with Crippen molar-refractivity contribution in [2.24, 2.45) is 17.8 Å². The predicted octanol–water partition coefficient (Wildman–Crippen LogP) is 4.87. The molecule has 10 nitrogen and oxygen atoms in total. The quantitative estimate of drug-likeness (QED) is 0.125. The molecule has 0 aromatic heterocycles. The minimum atomic E-state index is -0.310. The van der Waals surface area contributed by atoms with E-state index in [2.05, 4.69) is 70.4 Å². The van der Waals surface area contributed by atoms with Gasteiger partial charge in [0.1, 0.15) is 6.61 Å². The predicted molar refractivity (Wildman–Crippen MR) is 176 cm³/mol. The Morgan fingerprint density at radius 2 is 1.93 bits per heavy atom. The van der Waals surface area contributed by atoms with Crippen molar-refractivity contribution >= 4 is 12.0 Å². The van der Waals surface area contributed by atoms with Gasteiger partial charge in [-0.2, -0.15) is 0 Å². The van der Waals surface area contributed by atoms with Gasteiger partial charge in [-0.3, -0.25) is 4.79 Å². The highest BCUT2D eigenvalue weighted by molar-refractivity contribution is 5.75. The second-order valence-corrected chi connectivity index (χ2v) is 13.6. The molecule has 2 N–H and O–H groups in total. The molecule has 0 aliphatic carbocycles. The summed E-state index contributed by atoms with van der Waals surface area (Å²) < 4.78 is 29.0. The maximum atomic E-state index is 12.4. The second-order valence-electron chi connectivity index (χ2n) is 13.6. The molecule has 1 unspecified atom stereocenters. The van der Waals surface area contributed by atoms with E-state index in [4.69, 9.17) is 23.7 Å². The Morgan fingerprint density at radius 1 is 1.16 bits per heavy atom. The molecule has 0 spiro atoms. The van der Waals surface area contributed by atoms with Gasteiger partial charge < -0.3 is 39.2 Å². The van der Waals surface area contributed by atoms with Gasteiger partial charge in [-0.25, -0.2) is 4.79 Å². The van der Waals surface area contributed by atoms with Gasteiger partial charge in [0.15, 0.2) is 0 Å². The van der Waals surface area contributed by atoms with E-state index in [-0.39, 0.29) is 68.3 Å². The van der Waals surface area contributed by atoms with Crippen LogP contribution in [-0.4, -0.2) is 107 Å². The standard InChI is InChI=1S/C35H61N3O7/c1-9-30(41-8)27(5)33-35(6,45-33)21-24(2)11-10-12-25(3)32-26(4)13-14-29(44-32)22-37-31(39)16-18-42-19-20-43-34(40)38-17-15-28(23-38)36-7/h10-12,24,26-30,32-33,36H,9,13-23H2,1-8H3,(H,37,39)/b11-10+,25-12+/t24-,26+,27-,28?,29-,30+,32-,33-,35-/m1/s1. The molecule has 0 bridgehead atoms. The van der Waals surface area contributed by atoms with E-state index in [1.807, 2.05) is 7.05 Å². The van der Waals surface area contributed by atoms with Crippen LogP contribution in [0.15, 0.2) is 23.8 Å². The van der Waals surface area contributed by atoms with Crippen LogP contribution in [0.5, 0.6) is 0 Å². The topological polar surface area (TPSA) is 111 Å². The summed E-state index contributed by atoms with van der Waals surface area (Å²) in [7, 11) is 3.69. The van der Waals surface area contributed by atoms with Crippen LogP contribution in [-0.2, 0) is 28.5 Å². The normalized spacial score (nSPS) is 30.7. The first-order valence-corrected chi connectivity index (χ1v) is 17.2. The lowest BCUT2D eigenvalue weighted by Gasteiger charge is -2.35. The molecular formula is C35H61N3O7. The van der Waals surface area contributed by atoms with Crippen LogP contribution in [0.3, 0.4) is 0 Å². The first-order chi connectivity index (χ1) is 21.5. The molecule has 2 amide bonds. The highest BCUT2D eigenvalue weighted by atomic mass is 16.6. The fourth-order valence-corrected chi connectivity index (χ4v) is 6.97. The number of rotatable bonds is 18. The van der Waals surface area contributed by atoms with Gasteiger partial charge in [0.25, 0.3) is 0 Å². The van der Waals surface area contributed by atoms with E-state index in [0.717, 1.165) is 32.1 Å². The van der Waals surface area contributed by atoms with Gasteiger partial charge in [0.05, 0.1) is 43.2 Å². The number of likely N-dealkylation sites (N-methyl/N-ethyl adjacent to an activating group) is 1. The summed E-state index contributed by atoms with van der Waals surface area (Å²) in [6.45, 7) is 15.8. The molecule has 0 aromatic carbocycles. The third-order valence-corrected chi connectivity index (χ3v) is 9.79. The zero-order chi connectivity index (χ0) is 33.0. The summed E-state index contributed by atoms with van der Waals surface area (Å²) in [5.74, 6) is 1.13. The van der Waals surface area contributed by atoms with E-state index in [0.29, 0.717) is 43.4 Å². The van der Waals surface area contributed by atoms with E-state index in [1.54, 1.807) is 12.0 Å².